The first-order valence-electron chi connectivity index (χ1n) is 29.0. The van der Waals surface area contributed by atoms with Crippen LogP contribution in [0.1, 0.15) is 47.1 Å². The molecule has 16 atom stereocenters. The zero-order valence-electron chi connectivity index (χ0n) is 50.6. The van der Waals surface area contributed by atoms with Crippen molar-refractivity contribution in [2.75, 3.05) is 125 Å². The standard InChI is InChI=1S/C55H93N7O26/c1-31(66)59-42-48(74)45(71)37(28-63)85-52(42)82-22-19-79-15-12-57-41(70)27-62(26-40(69)56-11-14-78-17-18-81-21-24-84-54-44(61-33(3)68)50(76)47(73)39(30-65)87-54)36(25-34-7-9-35(10-8-34)88-55(4,5)6)51(77)58-13-16-80-20-23-83-53-43(60-32(2)67)49(75)46(72)38(29-64)86-53/h7-10,36-39,42-50,52-54,63-65,71-76H,11-30H2,1-6H3,(H,56,69)(H,57,70)(H,58,77)(H,59,66)(H,60,67)(H,61,68). The topological polar surface area (TPSA) is 461 Å². The second-order valence-corrected chi connectivity index (χ2v) is 21.8. The third-order valence-corrected chi connectivity index (χ3v) is 13.5. The molecule has 1 aromatic carbocycles. The summed E-state index contributed by atoms with van der Waals surface area (Å²) >= 11 is 0. The van der Waals surface area contributed by atoms with Crippen LogP contribution in [0.5, 0.6) is 5.75 Å². The average Bonchev–Trinajstić information content (AvgIpc) is 2.04. The predicted molar refractivity (Wildman–Crippen MR) is 302 cm³/mol. The number of nitrogens with zero attached hydrogens (tertiary/aromatic N) is 1. The van der Waals surface area contributed by atoms with E-state index < -0.39 is 172 Å². The van der Waals surface area contributed by atoms with Gasteiger partial charge in [-0.2, -0.15) is 0 Å². The number of aliphatic hydroxyl groups excluding tert-OH is 9. The number of ether oxygens (including phenoxy) is 11. The number of benzene rings is 1. The monoisotopic (exact) mass is 1270 g/mol. The second kappa shape index (κ2) is 39.3. The van der Waals surface area contributed by atoms with Gasteiger partial charge in [-0.25, -0.2) is 0 Å². The number of carbonyl (C=O) groups is 6. The van der Waals surface area contributed by atoms with Crippen LogP contribution in [0.3, 0.4) is 0 Å². The fraction of sp³-hybridized carbons (Fsp3) is 0.782. The van der Waals surface area contributed by atoms with Gasteiger partial charge in [-0.1, -0.05) is 12.1 Å². The lowest BCUT2D eigenvalue weighted by molar-refractivity contribution is -0.272. The quantitative estimate of drug-likeness (QED) is 0.0272. The Hall–Kier alpha value is -4.96. The van der Waals surface area contributed by atoms with Gasteiger partial charge >= 0.3 is 0 Å². The van der Waals surface area contributed by atoms with E-state index in [1.165, 1.54) is 25.7 Å². The van der Waals surface area contributed by atoms with Crippen molar-refractivity contribution in [2.24, 2.45) is 0 Å². The Morgan fingerprint density at radius 2 is 0.818 bits per heavy atom. The molecule has 33 heteroatoms. The van der Waals surface area contributed by atoms with Gasteiger partial charge < -0.3 is 130 Å². The number of hydrogen-bond acceptors (Lipinski definition) is 27. The van der Waals surface area contributed by atoms with Crippen molar-refractivity contribution in [1.82, 2.24) is 36.8 Å². The minimum atomic E-state index is -1.52. The zero-order valence-corrected chi connectivity index (χ0v) is 50.6. The Morgan fingerprint density at radius 3 is 1.15 bits per heavy atom. The molecule has 0 spiro atoms. The van der Waals surface area contributed by atoms with Gasteiger partial charge in [-0.05, 0) is 44.9 Å². The van der Waals surface area contributed by atoms with Crippen LogP contribution < -0.4 is 36.6 Å². The SMILES string of the molecule is CC(=O)NC1C(OCCOCCNC(=O)CN(CC(=O)NCCOCCOCCOC2OC(CO)C(O)C(O)C2NC(C)=O)C(Cc2ccc(OC(C)(C)C)cc2)C(=O)NCCOCCOC2OC(CO)C(O)C(O)C2NC(C)=O)OC(CO)C(O)C1O. The number of hydrogen-bond donors (Lipinski definition) is 15. The third kappa shape index (κ3) is 26.1. The van der Waals surface area contributed by atoms with Crippen LogP contribution in [0.4, 0.5) is 0 Å². The normalized spacial score (nSPS) is 27.7. The van der Waals surface area contributed by atoms with E-state index in [9.17, 15) is 74.7 Å². The molecular weight excluding hydrogens is 1170 g/mol. The molecule has 16 unspecified atom stereocenters. The lowest BCUT2D eigenvalue weighted by atomic mass is 9.97. The summed E-state index contributed by atoms with van der Waals surface area (Å²) in [5.74, 6) is -2.75. The summed E-state index contributed by atoms with van der Waals surface area (Å²) in [6, 6.07) is 2.37. The van der Waals surface area contributed by atoms with Crippen LogP contribution in [0, 0.1) is 0 Å². The zero-order chi connectivity index (χ0) is 64.9. The molecular formula is C55H93N7O26. The molecule has 3 aliphatic rings. The number of rotatable bonds is 39. The van der Waals surface area contributed by atoms with Crippen molar-refractivity contribution < 1.29 is 127 Å². The molecule has 6 amide bonds. The molecule has 1 aromatic rings. The fourth-order valence-electron chi connectivity index (χ4n) is 9.34. The van der Waals surface area contributed by atoms with Crippen molar-refractivity contribution in [3.05, 3.63) is 29.8 Å². The molecule has 33 nitrogen and oxygen atoms in total. The first kappa shape index (κ1) is 75.5. The molecule has 3 fully saturated rings. The highest BCUT2D eigenvalue weighted by Gasteiger charge is 2.48. The van der Waals surface area contributed by atoms with E-state index in [0.717, 1.165) is 0 Å². The highest BCUT2D eigenvalue weighted by molar-refractivity contribution is 5.86. The van der Waals surface area contributed by atoms with Crippen molar-refractivity contribution >= 4 is 35.4 Å². The van der Waals surface area contributed by atoms with Crippen molar-refractivity contribution in [3.8, 4) is 5.75 Å². The van der Waals surface area contributed by atoms with Gasteiger partial charge in [0.15, 0.2) is 18.9 Å². The summed E-state index contributed by atoms with van der Waals surface area (Å²) in [6.45, 7) is 6.12. The maximum Gasteiger partial charge on any atom is 0.237 e. The first-order chi connectivity index (χ1) is 41.9. The van der Waals surface area contributed by atoms with E-state index >= 15 is 0 Å². The summed E-state index contributed by atoms with van der Waals surface area (Å²) < 4.78 is 62.2. The van der Waals surface area contributed by atoms with Gasteiger partial charge in [-0.3, -0.25) is 33.7 Å². The maximum atomic E-state index is 14.3. The van der Waals surface area contributed by atoms with Gasteiger partial charge in [0.2, 0.25) is 35.4 Å². The number of aliphatic hydroxyl groups is 9. The summed E-state index contributed by atoms with van der Waals surface area (Å²) in [5.41, 5.74) is 0.129. The average molecular weight is 1270 g/mol. The lowest BCUT2D eigenvalue weighted by Crippen LogP contribution is -2.64. The molecule has 3 aliphatic heterocycles. The molecule has 0 aliphatic carbocycles. The van der Waals surface area contributed by atoms with Crippen LogP contribution in [0.2, 0.25) is 0 Å². The molecule has 3 heterocycles. The molecule has 15 N–H and O–H groups in total. The van der Waals surface area contributed by atoms with Crippen molar-refractivity contribution in [1.29, 1.82) is 0 Å². The van der Waals surface area contributed by atoms with Crippen LogP contribution in [-0.4, -0.2) is 315 Å². The first-order valence-corrected chi connectivity index (χ1v) is 29.0. The van der Waals surface area contributed by atoms with Crippen molar-refractivity contribution in [3.63, 3.8) is 0 Å². The highest BCUT2D eigenvalue weighted by Crippen LogP contribution is 2.26. The Labute approximate surface area is 510 Å². The second-order valence-electron chi connectivity index (χ2n) is 21.8. The molecule has 4 rings (SSSR count). The molecule has 0 saturated carbocycles. The molecule has 88 heavy (non-hydrogen) atoms. The van der Waals surface area contributed by atoms with Crippen LogP contribution in [0.15, 0.2) is 24.3 Å². The minimum Gasteiger partial charge on any atom is -0.488 e. The van der Waals surface area contributed by atoms with Crippen molar-refractivity contribution in [2.45, 2.75) is 152 Å². The predicted octanol–water partition coefficient (Wildman–Crippen LogP) is -7.63. The number of carbonyl (C=O) groups excluding carboxylic acids is 6. The van der Waals surface area contributed by atoms with E-state index in [4.69, 9.17) is 52.1 Å². The van der Waals surface area contributed by atoms with Gasteiger partial charge in [0, 0.05) is 40.4 Å². The summed E-state index contributed by atoms with van der Waals surface area (Å²) in [4.78, 5) is 78.6. The van der Waals surface area contributed by atoms with Gasteiger partial charge in [-0.15, -0.1) is 0 Å². The van der Waals surface area contributed by atoms with E-state index in [2.05, 4.69) is 31.9 Å². The Balaban J connectivity index is 1.37. The van der Waals surface area contributed by atoms with E-state index in [-0.39, 0.29) is 98.7 Å². The van der Waals surface area contributed by atoms with Crippen LogP contribution >= 0.6 is 0 Å². The van der Waals surface area contributed by atoms with Gasteiger partial charge in [0.05, 0.1) is 112 Å². The smallest absolute Gasteiger partial charge is 0.237 e. The van der Waals surface area contributed by atoms with E-state index in [1.807, 2.05) is 20.8 Å². The highest BCUT2D eigenvalue weighted by atomic mass is 16.7. The van der Waals surface area contributed by atoms with E-state index in [0.29, 0.717) is 11.3 Å². The summed E-state index contributed by atoms with van der Waals surface area (Å²) in [6.07, 6.45) is -16.2. The Bertz CT molecular complexity index is 2240. The summed E-state index contributed by atoms with van der Waals surface area (Å²) in [5, 5.41) is 107. The maximum absolute atomic E-state index is 14.3. The molecule has 3 saturated heterocycles. The lowest BCUT2D eigenvalue weighted by Gasteiger charge is -2.42. The van der Waals surface area contributed by atoms with Gasteiger partial charge in [0.25, 0.3) is 0 Å². The Morgan fingerprint density at radius 1 is 0.489 bits per heavy atom. The fourth-order valence-corrected chi connectivity index (χ4v) is 9.34. The molecule has 0 bridgehead atoms. The number of amides is 6. The van der Waals surface area contributed by atoms with Crippen LogP contribution in [-0.2, 0) is 82.6 Å². The van der Waals surface area contributed by atoms with Crippen LogP contribution in [0.25, 0.3) is 0 Å². The molecule has 504 valence electrons. The molecule has 0 aromatic heterocycles. The largest absolute Gasteiger partial charge is 0.488 e. The van der Waals surface area contributed by atoms with E-state index in [1.54, 1.807) is 24.3 Å². The summed E-state index contributed by atoms with van der Waals surface area (Å²) in [7, 11) is 0. The molecule has 0 radical (unpaired) electrons. The Kier molecular flexibility index (Phi) is 33.7. The minimum absolute atomic E-state index is 0.000745. The third-order valence-electron chi connectivity index (χ3n) is 13.5. The number of nitrogens with one attached hydrogen (secondary N) is 6. The van der Waals surface area contributed by atoms with Gasteiger partial charge in [0.1, 0.15) is 84.4 Å².